The molecule has 2 heterocycles. The van der Waals surface area contributed by atoms with Gasteiger partial charge in [-0.05, 0) is 37.1 Å². The van der Waals surface area contributed by atoms with Crippen molar-refractivity contribution in [1.82, 2.24) is 14.8 Å². The predicted molar refractivity (Wildman–Crippen MR) is 127 cm³/mol. The van der Waals surface area contributed by atoms with Crippen LogP contribution in [0.15, 0.2) is 70.2 Å². The number of carbonyl (C=O) groups excluding carboxylic acids is 1. The third kappa shape index (κ3) is 5.12. The van der Waals surface area contributed by atoms with Gasteiger partial charge in [-0.3, -0.25) is 0 Å². The molecule has 0 atom stereocenters. The lowest BCUT2D eigenvalue weighted by molar-refractivity contribution is 0.0599. The zero-order valence-corrected chi connectivity index (χ0v) is 19.6. The average molecular weight is 464 g/mol. The van der Waals surface area contributed by atoms with Gasteiger partial charge >= 0.3 is 5.97 Å². The van der Waals surface area contributed by atoms with E-state index in [9.17, 15) is 4.79 Å². The van der Waals surface area contributed by atoms with Crippen LogP contribution in [0.5, 0.6) is 5.75 Å². The van der Waals surface area contributed by atoms with E-state index in [0.717, 1.165) is 28.7 Å². The fourth-order valence-corrected chi connectivity index (χ4v) is 4.42. The predicted octanol–water partition coefficient (Wildman–Crippen LogP) is 5.18. The summed E-state index contributed by atoms with van der Waals surface area (Å²) in [5, 5.41) is 9.72. The normalized spacial score (nSPS) is 10.9. The van der Waals surface area contributed by atoms with Gasteiger partial charge in [0.1, 0.15) is 22.8 Å². The molecule has 0 unspecified atom stereocenters. The molecule has 0 aliphatic carbocycles. The lowest BCUT2D eigenvalue weighted by Crippen LogP contribution is -2.06. The number of aryl methyl sites for hydroxylation is 2. The van der Waals surface area contributed by atoms with Crippen LogP contribution in [0.25, 0.3) is 11.4 Å². The van der Waals surface area contributed by atoms with E-state index in [1.54, 1.807) is 20.1 Å². The standard InChI is InChI=1S/C25H25N3O4S/c1-17-21(24(29)31-3)15-19(32-17)16-33-25-27-26-23(20-11-7-8-12-22(20)30-2)28(25)14-13-18-9-5-4-6-10-18/h4-12,15H,13-14,16H2,1-3H3. The molecule has 33 heavy (non-hydrogen) atoms. The first-order valence-electron chi connectivity index (χ1n) is 10.5. The van der Waals surface area contributed by atoms with Crippen LogP contribution < -0.4 is 4.74 Å². The highest BCUT2D eigenvalue weighted by molar-refractivity contribution is 7.98. The highest BCUT2D eigenvalue weighted by Crippen LogP contribution is 2.32. The van der Waals surface area contributed by atoms with Gasteiger partial charge < -0.3 is 18.5 Å². The summed E-state index contributed by atoms with van der Waals surface area (Å²) in [4.78, 5) is 11.9. The molecule has 0 radical (unpaired) electrons. The van der Waals surface area contributed by atoms with Gasteiger partial charge in [0.15, 0.2) is 11.0 Å². The second kappa shape index (κ2) is 10.4. The van der Waals surface area contributed by atoms with Crippen LogP contribution in [-0.4, -0.2) is 35.0 Å². The molecule has 170 valence electrons. The smallest absolute Gasteiger partial charge is 0.341 e. The first-order valence-corrected chi connectivity index (χ1v) is 11.5. The molecular formula is C25H25N3O4S. The number of hydrogen-bond donors (Lipinski definition) is 0. The largest absolute Gasteiger partial charge is 0.496 e. The SMILES string of the molecule is COC(=O)c1cc(CSc2nnc(-c3ccccc3OC)n2CCc2ccccc2)oc1C. The second-order valence-electron chi connectivity index (χ2n) is 7.36. The summed E-state index contributed by atoms with van der Waals surface area (Å²) in [6.07, 6.45) is 0.834. The minimum absolute atomic E-state index is 0.406. The lowest BCUT2D eigenvalue weighted by atomic mass is 10.1. The molecule has 0 spiro atoms. The van der Waals surface area contributed by atoms with E-state index in [-0.39, 0.29) is 0 Å². The van der Waals surface area contributed by atoms with Gasteiger partial charge in [0.2, 0.25) is 0 Å². The number of hydrogen-bond acceptors (Lipinski definition) is 7. The van der Waals surface area contributed by atoms with Gasteiger partial charge in [0.05, 0.1) is 25.5 Å². The summed E-state index contributed by atoms with van der Waals surface area (Å²) < 4.78 is 18.2. The Morgan fingerprint density at radius 2 is 1.82 bits per heavy atom. The summed E-state index contributed by atoms with van der Waals surface area (Å²) in [6, 6.07) is 19.8. The van der Waals surface area contributed by atoms with Crippen molar-refractivity contribution in [2.24, 2.45) is 0 Å². The van der Waals surface area contributed by atoms with E-state index >= 15 is 0 Å². The molecule has 0 aliphatic rings. The van der Waals surface area contributed by atoms with Gasteiger partial charge in [-0.1, -0.05) is 54.2 Å². The number of esters is 1. The number of benzene rings is 2. The Morgan fingerprint density at radius 1 is 1.06 bits per heavy atom. The summed E-state index contributed by atoms with van der Waals surface area (Å²) in [5.74, 6) is 2.81. The minimum Gasteiger partial charge on any atom is -0.496 e. The zero-order chi connectivity index (χ0) is 23.2. The molecule has 4 rings (SSSR count). The van der Waals surface area contributed by atoms with E-state index < -0.39 is 5.97 Å². The Kier molecular flexibility index (Phi) is 7.14. The third-order valence-electron chi connectivity index (χ3n) is 5.25. The topological polar surface area (TPSA) is 79.4 Å². The fourth-order valence-electron chi connectivity index (χ4n) is 3.57. The van der Waals surface area contributed by atoms with Crippen LogP contribution in [0.3, 0.4) is 0 Å². The first kappa shape index (κ1) is 22.7. The minimum atomic E-state index is -0.406. The van der Waals surface area contributed by atoms with Crippen molar-refractivity contribution in [2.45, 2.75) is 30.8 Å². The number of furan rings is 1. The Morgan fingerprint density at radius 3 is 2.58 bits per heavy atom. The molecule has 0 fully saturated rings. The van der Waals surface area contributed by atoms with Crippen molar-refractivity contribution in [1.29, 1.82) is 0 Å². The Hall–Kier alpha value is -3.52. The van der Waals surface area contributed by atoms with Crippen molar-refractivity contribution < 1.29 is 18.7 Å². The van der Waals surface area contributed by atoms with E-state index in [1.807, 2.05) is 42.5 Å². The summed E-state index contributed by atoms with van der Waals surface area (Å²) in [6.45, 7) is 2.46. The first-order chi connectivity index (χ1) is 16.1. The van der Waals surface area contributed by atoms with Crippen LogP contribution in [0, 0.1) is 6.92 Å². The third-order valence-corrected chi connectivity index (χ3v) is 6.24. The van der Waals surface area contributed by atoms with Crippen LogP contribution in [0.1, 0.15) is 27.4 Å². The molecular weight excluding hydrogens is 438 g/mol. The molecule has 2 aromatic carbocycles. The van der Waals surface area contributed by atoms with Crippen LogP contribution in [0.4, 0.5) is 0 Å². The number of nitrogens with zero attached hydrogens (tertiary/aromatic N) is 3. The summed E-state index contributed by atoms with van der Waals surface area (Å²) in [7, 11) is 3.01. The zero-order valence-electron chi connectivity index (χ0n) is 18.8. The van der Waals surface area contributed by atoms with Crippen LogP contribution in [0.2, 0.25) is 0 Å². The van der Waals surface area contributed by atoms with E-state index in [2.05, 4.69) is 26.9 Å². The maximum Gasteiger partial charge on any atom is 0.341 e. The van der Waals surface area contributed by atoms with Gasteiger partial charge in [-0.15, -0.1) is 10.2 Å². The maximum atomic E-state index is 11.9. The van der Waals surface area contributed by atoms with Gasteiger partial charge in [-0.25, -0.2) is 4.79 Å². The number of methoxy groups -OCH3 is 2. The van der Waals surface area contributed by atoms with E-state index in [0.29, 0.717) is 29.4 Å². The molecule has 2 aromatic heterocycles. The molecule has 8 heteroatoms. The summed E-state index contributed by atoms with van der Waals surface area (Å²) in [5.41, 5.74) is 2.56. The van der Waals surface area contributed by atoms with E-state index in [1.165, 1.54) is 24.4 Å². The lowest BCUT2D eigenvalue weighted by Gasteiger charge is -2.12. The van der Waals surface area contributed by atoms with E-state index in [4.69, 9.17) is 13.9 Å². The van der Waals surface area contributed by atoms with Gasteiger partial charge in [-0.2, -0.15) is 0 Å². The quantitative estimate of drug-likeness (QED) is 0.250. The van der Waals surface area contributed by atoms with Crippen LogP contribution >= 0.6 is 11.8 Å². The number of ether oxygens (including phenoxy) is 2. The molecule has 4 aromatic rings. The highest BCUT2D eigenvalue weighted by Gasteiger charge is 2.20. The van der Waals surface area contributed by atoms with Crippen molar-refractivity contribution in [3.05, 3.63) is 83.3 Å². The number of aromatic nitrogens is 3. The van der Waals surface area contributed by atoms with Crippen molar-refractivity contribution >= 4 is 17.7 Å². The Balaban J connectivity index is 1.62. The Bertz CT molecular complexity index is 1230. The average Bonchev–Trinajstić information content (AvgIpc) is 3.44. The number of carbonyl (C=O) groups is 1. The molecule has 0 bridgehead atoms. The maximum absolute atomic E-state index is 11.9. The number of para-hydroxylation sites is 1. The molecule has 7 nitrogen and oxygen atoms in total. The number of thioether (sulfide) groups is 1. The molecule has 0 amide bonds. The van der Waals surface area contributed by atoms with Gasteiger partial charge in [0, 0.05) is 6.54 Å². The summed E-state index contributed by atoms with van der Waals surface area (Å²) >= 11 is 1.51. The monoisotopic (exact) mass is 463 g/mol. The van der Waals surface area contributed by atoms with Gasteiger partial charge in [0.25, 0.3) is 0 Å². The number of rotatable bonds is 9. The van der Waals surface area contributed by atoms with Crippen molar-refractivity contribution in [3.8, 4) is 17.1 Å². The van der Waals surface area contributed by atoms with Crippen molar-refractivity contribution in [3.63, 3.8) is 0 Å². The van der Waals surface area contributed by atoms with Crippen molar-refractivity contribution in [2.75, 3.05) is 14.2 Å². The Labute approximate surface area is 196 Å². The van der Waals surface area contributed by atoms with Crippen LogP contribution in [-0.2, 0) is 23.5 Å². The second-order valence-corrected chi connectivity index (χ2v) is 8.30. The molecule has 0 saturated heterocycles. The fraction of sp³-hybridized carbons (Fsp3) is 0.240. The molecule has 0 aliphatic heterocycles. The highest BCUT2D eigenvalue weighted by atomic mass is 32.2. The molecule has 0 saturated carbocycles. The molecule has 0 N–H and O–H groups in total.